The molecule has 0 amide bonds. The van der Waals surface area contributed by atoms with Crippen molar-refractivity contribution in [3.05, 3.63) is 24.3 Å². The molecule has 732 valence electrons. The molecule has 7 nitrogen and oxygen atoms in total. The lowest BCUT2D eigenvalue weighted by Crippen LogP contribution is -2.13. The van der Waals surface area contributed by atoms with E-state index in [1.807, 2.05) is 0 Å². The van der Waals surface area contributed by atoms with Gasteiger partial charge in [0.25, 0.3) is 0 Å². The van der Waals surface area contributed by atoms with Gasteiger partial charge in [0.05, 0.1) is 12.5 Å². The topological polar surface area (TPSA) is 107 Å². The van der Waals surface area contributed by atoms with Crippen LogP contribution < -0.4 is 0 Å². The van der Waals surface area contributed by atoms with Crippen LogP contribution in [0.5, 0.6) is 0 Å². The van der Waals surface area contributed by atoms with E-state index in [-0.39, 0.29) is 23.8 Å². The van der Waals surface area contributed by atoms with Gasteiger partial charge in [0.1, 0.15) is 0 Å². The van der Waals surface area contributed by atoms with Crippen LogP contribution in [0.2, 0.25) is 0 Å². The number of aliphatic carboxylic acids is 1. The lowest BCUT2D eigenvalue weighted by Gasteiger charge is -2.12. The smallest absolute Gasteiger partial charge is 0.313 e. The molecule has 0 aromatic heterocycles. The van der Waals surface area contributed by atoms with Crippen molar-refractivity contribution >= 4 is 23.9 Å². The summed E-state index contributed by atoms with van der Waals surface area (Å²) in [5.74, 6) is -1.31. The minimum Gasteiger partial charge on any atom is -0.481 e. The Kier molecular flexibility index (Phi) is 119. The van der Waals surface area contributed by atoms with Crippen LogP contribution in [0.4, 0.5) is 0 Å². The van der Waals surface area contributed by atoms with E-state index in [1.165, 1.54) is 546 Å². The summed E-state index contributed by atoms with van der Waals surface area (Å²) in [6.07, 6.45) is 140. The highest BCUT2D eigenvalue weighted by Gasteiger charge is 2.17. The molecule has 123 heavy (non-hydrogen) atoms. The molecule has 0 saturated carbocycles. The average Bonchev–Trinajstić information content (AvgIpc) is 0.965. The van der Waals surface area contributed by atoms with Gasteiger partial charge in [-0.15, -0.1) is 0 Å². The van der Waals surface area contributed by atoms with E-state index in [1.54, 1.807) is 0 Å². The van der Waals surface area contributed by atoms with Crippen molar-refractivity contribution in [2.45, 2.75) is 684 Å². The third-order valence-corrected chi connectivity index (χ3v) is 26.4. The number of esters is 3. The minimum absolute atomic E-state index is 0.0322. The van der Waals surface area contributed by atoms with Crippen molar-refractivity contribution in [3.63, 3.8) is 0 Å². The van der Waals surface area contributed by atoms with E-state index in [9.17, 15) is 24.3 Å². The van der Waals surface area contributed by atoms with Gasteiger partial charge in [0.15, 0.2) is 0 Å². The number of carbonyl (C=O) groups excluding carboxylic acids is 3. The molecule has 1 atom stereocenters. The quantitative estimate of drug-likeness (QED) is 0.0280. The van der Waals surface area contributed by atoms with Crippen molar-refractivity contribution in [2.75, 3.05) is 6.61 Å². The molecule has 0 bridgehead atoms. The minimum atomic E-state index is -0.555. The Hall–Kier alpha value is -2.44. The lowest BCUT2D eigenvalue weighted by atomic mass is 9.94. The monoisotopic (exact) mass is 1730 g/mol. The summed E-state index contributed by atoms with van der Waals surface area (Å²) in [5, 5.41) is 9.60. The fourth-order valence-electron chi connectivity index (χ4n) is 17.8. The predicted molar refractivity (Wildman–Crippen MR) is 547 cm³/mol. The zero-order valence-electron chi connectivity index (χ0n) is 85.2. The third-order valence-electron chi connectivity index (χ3n) is 26.4. The molecule has 0 aliphatic carbocycles. The molecular formula is C116H226O7. The Morgan fingerprint density at radius 3 is 0.512 bits per heavy atom. The van der Waals surface area contributed by atoms with Gasteiger partial charge >= 0.3 is 23.9 Å². The summed E-state index contributed by atoms with van der Waals surface area (Å²) in [5.41, 5.74) is 0. The van der Waals surface area contributed by atoms with Crippen molar-refractivity contribution < 1.29 is 33.8 Å². The molecule has 0 heterocycles. The van der Waals surface area contributed by atoms with Crippen LogP contribution >= 0.6 is 0 Å². The van der Waals surface area contributed by atoms with Crippen molar-refractivity contribution in [1.29, 1.82) is 0 Å². The normalized spacial score (nSPS) is 11.8. The fourth-order valence-corrected chi connectivity index (χ4v) is 17.8. The number of allylic oxidation sites excluding steroid dienone is 4. The molecule has 1 N–H and O–H groups in total. The first-order valence-electron chi connectivity index (χ1n) is 57.1. The standard InChI is InChI=1S/C44H88O2.C36H66O3.C36H72O2/c1-3-5-7-9-11-13-15-17-19-21-23-25-27-29-31-33-35-37-39-41-43-46-44(45)42-40-38-36-34-32-30-28-26-24-22-20-18-16-14-12-10-8-6-4-2;1-3-5-7-9-11-13-15-17-19-21-23-25-27-29-31-33-35(37)39-36(38)34-32-30-28-26-24-22-20-18-16-14-12-10-8-6-4-2;1-3-5-7-9-11-13-15-17-19-20-22-24-26-28-30-32-34-35(36(37)38)33-31-29-27-25-23-21-18-16-14-12-10-8-6-4-2/h3-43H2,1-2H3;17-20H,3-16,21-34H2,1-2H3;35H,3-34H2,1-2H3,(H,37,38)/b;19-17-,20-18-;. The molecule has 0 radical (unpaired) electrons. The number of rotatable bonds is 104. The van der Waals surface area contributed by atoms with Crippen molar-refractivity contribution in [1.82, 2.24) is 0 Å². The van der Waals surface area contributed by atoms with Gasteiger partial charge in [-0.25, -0.2) is 0 Å². The molecule has 0 aliphatic heterocycles. The molecule has 7 heteroatoms. The zero-order chi connectivity index (χ0) is 89.5. The summed E-state index contributed by atoms with van der Waals surface area (Å²) in [4.78, 5) is 47.4. The number of carbonyl (C=O) groups is 4. The van der Waals surface area contributed by atoms with Gasteiger partial charge in [-0.2, -0.15) is 0 Å². The Morgan fingerprint density at radius 1 is 0.187 bits per heavy atom. The van der Waals surface area contributed by atoms with Crippen LogP contribution in [-0.4, -0.2) is 35.6 Å². The van der Waals surface area contributed by atoms with Crippen molar-refractivity contribution in [3.8, 4) is 0 Å². The Bertz CT molecular complexity index is 1960. The van der Waals surface area contributed by atoms with Gasteiger partial charge in [-0.3, -0.25) is 19.2 Å². The largest absolute Gasteiger partial charge is 0.481 e. The maximum Gasteiger partial charge on any atom is 0.313 e. The summed E-state index contributed by atoms with van der Waals surface area (Å²) in [7, 11) is 0. The Labute approximate surface area is 773 Å². The first-order chi connectivity index (χ1) is 60.7. The molecule has 0 spiro atoms. The molecule has 0 fully saturated rings. The zero-order valence-corrected chi connectivity index (χ0v) is 85.2. The Balaban J connectivity index is -0.00000177. The summed E-state index contributed by atoms with van der Waals surface area (Å²) in [6.45, 7) is 14.3. The highest BCUT2D eigenvalue weighted by atomic mass is 16.6. The van der Waals surface area contributed by atoms with Crippen LogP contribution in [0.3, 0.4) is 0 Å². The van der Waals surface area contributed by atoms with E-state index in [0.717, 1.165) is 77.0 Å². The second kappa shape index (κ2) is 118. The van der Waals surface area contributed by atoms with Gasteiger partial charge in [0.2, 0.25) is 0 Å². The number of hydrogen-bond acceptors (Lipinski definition) is 6. The first-order valence-corrected chi connectivity index (χ1v) is 57.1. The molecule has 0 aromatic rings. The maximum absolute atomic E-state index is 12.0. The SMILES string of the molecule is CCCCCCCC/C=C\CCCCCCCC(=O)OC(=O)CCCCCCC/C=C\CCCCCCCC.CCCCCCCCCCCCCCCCCCC(CCCCCCCCCCCCCCCC)C(=O)O.CCCCCCCCCCCCCCCCCCCCCCOC(=O)CCCCCCCCCCCCCCCCCCCCC. The average molecular weight is 1730 g/mol. The number of unbranched alkanes of at least 4 members (excludes halogenated alkanes) is 87. The third kappa shape index (κ3) is 120. The molecule has 0 rings (SSSR count). The molecule has 0 aliphatic rings. The van der Waals surface area contributed by atoms with E-state index in [0.29, 0.717) is 25.9 Å². The molecular weight excluding hydrogens is 1510 g/mol. The molecule has 0 aromatic carbocycles. The summed E-state index contributed by atoms with van der Waals surface area (Å²) < 4.78 is 10.5. The fraction of sp³-hybridized carbons (Fsp3) is 0.931. The van der Waals surface area contributed by atoms with Crippen molar-refractivity contribution in [2.24, 2.45) is 5.92 Å². The number of carboxylic acid groups (broad SMARTS) is 1. The molecule has 0 saturated heterocycles. The van der Waals surface area contributed by atoms with E-state index >= 15 is 0 Å². The maximum atomic E-state index is 12.0. The van der Waals surface area contributed by atoms with Gasteiger partial charge in [-0.1, -0.05) is 599 Å². The van der Waals surface area contributed by atoms with Gasteiger partial charge in [0, 0.05) is 19.3 Å². The lowest BCUT2D eigenvalue weighted by molar-refractivity contribution is -0.160. The van der Waals surface area contributed by atoms with Crippen LogP contribution in [-0.2, 0) is 28.7 Å². The van der Waals surface area contributed by atoms with Crippen LogP contribution in [0, 0.1) is 5.92 Å². The summed E-state index contributed by atoms with van der Waals surface area (Å²) in [6, 6.07) is 0. The second-order valence-electron chi connectivity index (χ2n) is 39.1. The van der Waals surface area contributed by atoms with E-state index in [2.05, 4.69) is 65.8 Å². The number of ether oxygens (including phenoxy) is 2. The second-order valence-corrected chi connectivity index (χ2v) is 39.1. The Morgan fingerprint density at radius 2 is 0.333 bits per heavy atom. The van der Waals surface area contributed by atoms with Crippen LogP contribution in [0.1, 0.15) is 684 Å². The van der Waals surface area contributed by atoms with Gasteiger partial charge < -0.3 is 14.6 Å². The van der Waals surface area contributed by atoms with Crippen LogP contribution in [0.15, 0.2) is 24.3 Å². The number of carboxylic acids is 1. The number of hydrogen-bond donors (Lipinski definition) is 1. The highest BCUT2D eigenvalue weighted by Crippen LogP contribution is 2.24. The first kappa shape index (κ1) is 125. The molecule has 1 unspecified atom stereocenters. The highest BCUT2D eigenvalue weighted by molar-refractivity contribution is 5.85. The predicted octanol–water partition coefficient (Wildman–Crippen LogP) is 41.5. The van der Waals surface area contributed by atoms with E-state index < -0.39 is 5.97 Å². The van der Waals surface area contributed by atoms with E-state index in [4.69, 9.17) is 9.47 Å². The van der Waals surface area contributed by atoms with Crippen LogP contribution in [0.25, 0.3) is 0 Å². The van der Waals surface area contributed by atoms with Gasteiger partial charge in [-0.05, 0) is 89.9 Å². The summed E-state index contributed by atoms with van der Waals surface area (Å²) >= 11 is 0.